The number of nitrogens with zero attached hydrogens (tertiary/aromatic N) is 6. The summed E-state index contributed by atoms with van der Waals surface area (Å²) in [5.41, 5.74) is 14.1. The summed E-state index contributed by atoms with van der Waals surface area (Å²) in [6.45, 7) is 8.79. The summed E-state index contributed by atoms with van der Waals surface area (Å²) < 4.78 is 12.8. The van der Waals surface area contributed by atoms with Crippen LogP contribution in [0, 0.1) is 34.0 Å². The minimum atomic E-state index is 0.268. The Morgan fingerprint density at radius 2 is 0.924 bits per heavy atom. The lowest BCUT2D eigenvalue weighted by Gasteiger charge is -2.32. The van der Waals surface area contributed by atoms with Gasteiger partial charge in [0.05, 0.1) is 39.4 Å². The number of hydrogen-bond acceptors (Lipinski definition) is 8. The molecular weight excluding hydrogens is 813 g/mol. The van der Waals surface area contributed by atoms with E-state index in [1.165, 1.54) is 22.5 Å². The second kappa shape index (κ2) is 17.6. The van der Waals surface area contributed by atoms with E-state index in [0.29, 0.717) is 40.7 Å². The van der Waals surface area contributed by atoms with Crippen molar-refractivity contribution in [2.45, 2.75) is 40.0 Å². The lowest BCUT2D eigenvalue weighted by atomic mass is 9.84. The third kappa shape index (κ3) is 7.28. The fourth-order valence-corrected chi connectivity index (χ4v) is 9.81. The van der Waals surface area contributed by atoms with E-state index < -0.39 is 0 Å². The molecule has 0 N–H and O–H groups in total. The number of nitriles is 3. The average molecular weight is 859 g/mol. The van der Waals surface area contributed by atoms with Crippen molar-refractivity contribution in [3.05, 3.63) is 189 Å². The molecule has 0 saturated carbocycles. The monoisotopic (exact) mass is 858 g/mol. The molecule has 66 heavy (non-hydrogen) atoms. The topological polar surface area (TPSA) is 99.6 Å². The van der Waals surface area contributed by atoms with Gasteiger partial charge in [-0.25, -0.2) is 0 Å². The first-order valence-electron chi connectivity index (χ1n) is 22.6. The summed E-state index contributed by atoms with van der Waals surface area (Å²) in [4.78, 5) is 6.81. The van der Waals surface area contributed by atoms with E-state index in [1.54, 1.807) is 0 Å². The first-order chi connectivity index (χ1) is 32.4. The Labute approximate surface area is 386 Å². The third-order valence-electron chi connectivity index (χ3n) is 12.9. The summed E-state index contributed by atoms with van der Waals surface area (Å²) in [5, 5.41) is 33.0. The quantitative estimate of drug-likeness (QED) is 0.125. The highest BCUT2D eigenvalue weighted by atomic mass is 16.5. The van der Waals surface area contributed by atoms with Crippen molar-refractivity contribution in [1.82, 2.24) is 0 Å². The van der Waals surface area contributed by atoms with Gasteiger partial charge >= 0.3 is 0 Å². The lowest BCUT2D eigenvalue weighted by Crippen LogP contribution is -2.22. The molecule has 0 aromatic heterocycles. The largest absolute Gasteiger partial charge is 0.453 e. The Bertz CT molecular complexity index is 3120. The maximum Gasteiger partial charge on any atom is 0.151 e. The molecule has 0 amide bonds. The molecule has 0 saturated heterocycles. The van der Waals surface area contributed by atoms with Gasteiger partial charge in [0.25, 0.3) is 0 Å². The molecule has 7 aromatic carbocycles. The van der Waals surface area contributed by atoms with Crippen molar-refractivity contribution < 1.29 is 9.47 Å². The van der Waals surface area contributed by atoms with Crippen LogP contribution >= 0.6 is 0 Å². The predicted octanol–water partition coefficient (Wildman–Crippen LogP) is 14.0. The van der Waals surface area contributed by atoms with Crippen molar-refractivity contribution in [2.75, 3.05) is 34.3 Å². The molecule has 8 nitrogen and oxygen atoms in total. The van der Waals surface area contributed by atoms with Gasteiger partial charge in [-0.15, -0.1) is 0 Å². The van der Waals surface area contributed by atoms with Gasteiger partial charge in [-0.3, -0.25) is 0 Å². The predicted molar refractivity (Wildman–Crippen MR) is 265 cm³/mol. The van der Waals surface area contributed by atoms with E-state index in [-0.39, 0.29) is 5.56 Å². The second-order valence-corrected chi connectivity index (χ2v) is 16.5. The zero-order valence-electron chi connectivity index (χ0n) is 37.2. The summed E-state index contributed by atoms with van der Waals surface area (Å²) in [6, 6.07) is 50.6. The van der Waals surface area contributed by atoms with Crippen LogP contribution in [-0.2, 0) is 19.3 Å². The molecule has 0 atom stereocenters. The van der Waals surface area contributed by atoms with Crippen molar-refractivity contribution >= 4 is 58.4 Å². The lowest BCUT2D eigenvalue weighted by molar-refractivity contribution is 0.473. The van der Waals surface area contributed by atoms with E-state index in [2.05, 4.69) is 126 Å². The number of fused-ring (bicyclic) bond motifs is 6. The van der Waals surface area contributed by atoms with Gasteiger partial charge in [-0.1, -0.05) is 85.0 Å². The third-order valence-corrected chi connectivity index (χ3v) is 12.9. The van der Waals surface area contributed by atoms with E-state index >= 15 is 0 Å². The molecule has 3 aliphatic heterocycles. The molecule has 3 aliphatic rings. The average Bonchev–Trinajstić information content (AvgIpc) is 3.36. The number of aryl methyl sites for hydroxylation is 1. The van der Waals surface area contributed by atoms with Gasteiger partial charge in [-0.2, -0.15) is 15.8 Å². The molecule has 0 aliphatic carbocycles. The van der Waals surface area contributed by atoms with E-state index in [4.69, 9.17) is 9.47 Å². The zero-order valence-corrected chi connectivity index (χ0v) is 37.2. The Balaban J connectivity index is 1.05. The molecule has 0 spiro atoms. The first-order valence-corrected chi connectivity index (χ1v) is 22.6. The van der Waals surface area contributed by atoms with E-state index in [9.17, 15) is 15.8 Å². The highest BCUT2D eigenvalue weighted by Gasteiger charge is 2.27. The smallest absolute Gasteiger partial charge is 0.151 e. The van der Waals surface area contributed by atoms with Gasteiger partial charge in [0.1, 0.15) is 18.2 Å². The molecular formula is C58H46N6O2. The zero-order chi connectivity index (χ0) is 45.3. The van der Waals surface area contributed by atoms with E-state index in [0.717, 1.165) is 88.5 Å². The SMILES string of the molecule is CCN1c2ccccc2Cc2cc(/C=C/c3c(C#N)c(/C=C/c4ccc5c(c4)Oc4ccccc4N5CC)c(C#N)c(CCc4ccc5c(c4)Oc4ccccc4N5CC)c3C#N)ccc21. The van der Waals surface area contributed by atoms with Crippen LogP contribution in [0.25, 0.3) is 24.3 Å². The van der Waals surface area contributed by atoms with Crippen LogP contribution in [-0.4, -0.2) is 19.6 Å². The summed E-state index contributed by atoms with van der Waals surface area (Å²) in [5.74, 6) is 3.06. The number of rotatable bonds is 10. The van der Waals surface area contributed by atoms with E-state index in [1.807, 2.05) is 78.9 Å². The second-order valence-electron chi connectivity index (χ2n) is 16.5. The van der Waals surface area contributed by atoms with Crippen molar-refractivity contribution in [3.63, 3.8) is 0 Å². The fourth-order valence-electron chi connectivity index (χ4n) is 9.81. The molecule has 0 radical (unpaired) electrons. The standard InChI is InChI=1S/C58H46N6O2/c1-4-62-49-14-8-7-13-41(49)34-42-31-38(22-28-50(42)62)19-25-43-46(35-59)44(26-20-39-23-29-53-57(32-39)65-55-17-11-9-15-51(55)63(53)5-2)48(37-61)45(47(43)36-60)27-21-40-24-30-54-58(33-40)66-56-18-12-10-16-52(56)64(54)6-3/h7-20,22-26,28-33H,4-6,21,27,34H2,1-3H3/b25-19+,26-20+. The minimum absolute atomic E-state index is 0.268. The summed E-state index contributed by atoms with van der Waals surface area (Å²) >= 11 is 0. The Hall–Kier alpha value is -8.51. The van der Waals surface area contributed by atoms with Crippen LogP contribution in [0.1, 0.15) is 82.0 Å². The van der Waals surface area contributed by atoms with Crippen molar-refractivity contribution in [3.8, 4) is 41.2 Å². The number of anilines is 6. The van der Waals surface area contributed by atoms with Crippen LogP contribution in [0.3, 0.4) is 0 Å². The van der Waals surface area contributed by atoms with Crippen molar-refractivity contribution in [2.24, 2.45) is 0 Å². The van der Waals surface area contributed by atoms with Gasteiger partial charge in [0.15, 0.2) is 23.0 Å². The van der Waals surface area contributed by atoms with Gasteiger partial charge in [-0.05, 0) is 134 Å². The molecule has 320 valence electrons. The number of para-hydroxylation sites is 5. The molecule has 8 heteroatoms. The first kappa shape index (κ1) is 41.5. The van der Waals surface area contributed by atoms with Crippen LogP contribution in [0.15, 0.2) is 127 Å². The van der Waals surface area contributed by atoms with Crippen molar-refractivity contribution in [1.29, 1.82) is 15.8 Å². The highest BCUT2D eigenvalue weighted by Crippen LogP contribution is 2.48. The minimum Gasteiger partial charge on any atom is -0.453 e. The summed E-state index contributed by atoms with van der Waals surface area (Å²) in [7, 11) is 0. The Morgan fingerprint density at radius 3 is 1.52 bits per heavy atom. The van der Waals surface area contributed by atoms with Crippen LogP contribution in [0.4, 0.5) is 34.1 Å². The Kier molecular flexibility index (Phi) is 11.0. The molecule has 3 heterocycles. The van der Waals surface area contributed by atoms with Gasteiger partial charge < -0.3 is 24.2 Å². The van der Waals surface area contributed by atoms with Crippen LogP contribution in [0.2, 0.25) is 0 Å². The number of benzene rings is 7. The van der Waals surface area contributed by atoms with Crippen LogP contribution in [0.5, 0.6) is 23.0 Å². The molecule has 0 bridgehead atoms. The normalized spacial score (nSPS) is 13.0. The van der Waals surface area contributed by atoms with Crippen LogP contribution < -0.4 is 24.2 Å². The number of ether oxygens (including phenoxy) is 2. The van der Waals surface area contributed by atoms with Gasteiger partial charge in [0, 0.05) is 48.6 Å². The Morgan fingerprint density at radius 1 is 0.455 bits per heavy atom. The molecule has 0 fully saturated rings. The fraction of sp³-hybridized carbons (Fsp3) is 0.155. The molecule has 10 rings (SSSR count). The summed E-state index contributed by atoms with van der Waals surface area (Å²) in [6.07, 6.45) is 9.34. The van der Waals surface area contributed by atoms with Gasteiger partial charge in [0.2, 0.25) is 0 Å². The highest BCUT2D eigenvalue weighted by molar-refractivity contribution is 5.88. The maximum absolute atomic E-state index is 11.0. The molecule has 7 aromatic rings. The molecule has 0 unspecified atom stereocenters. The number of hydrogen-bond donors (Lipinski definition) is 0. The maximum atomic E-state index is 11.0.